The molecular weight excluding hydrogens is 226 g/mol. The van der Waals surface area contributed by atoms with Gasteiger partial charge in [-0.3, -0.25) is 0 Å². The molecule has 0 bridgehead atoms. The van der Waals surface area contributed by atoms with Crippen LogP contribution in [0, 0.1) is 0 Å². The molecule has 2 atom stereocenters. The SMILES string of the molecule is CCCn1ncnc1CNN1C(C)CCCC1C. The first-order valence-corrected chi connectivity index (χ1v) is 7.11. The van der Waals surface area contributed by atoms with E-state index in [-0.39, 0.29) is 0 Å². The minimum absolute atomic E-state index is 0.608. The molecule has 1 fully saturated rings. The topological polar surface area (TPSA) is 46.0 Å². The first-order chi connectivity index (χ1) is 8.72. The predicted molar refractivity (Wildman–Crippen MR) is 71.8 cm³/mol. The maximum absolute atomic E-state index is 4.33. The highest BCUT2D eigenvalue weighted by atomic mass is 15.5. The number of aromatic nitrogens is 3. The van der Waals surface area contributed by atoms with Crippen LogP contribution in [0.4, 0.5) is 0 Å². The van der Waals surface area contributed by atoms with Crippen LogP contribution >= 0.6 is 0 Å². The van der Waals surface area contributed by atoms with E-state index in [1.165, 1.54) is 19.3 Å². The Balaban J connectivity index is 1.91. The normalized spacial score (nSPS) is 25.5. The lowest BCUT2D eigenvalue weighted by Gasteiger charge is -2.39. The zero-order valence-corrected chi connectivity index (χ0v) is 11.8. The Kier molecular flexibility index (Phi) is 4.72. The van der Waals surface area contributed by atoms with Gasteiger partial charge in [0.2, 0.25) is 0 Å². The van der Waals surface area contributed by atoms with Crippen molar-refractivity contribution in [1.82, 2.24) is 25.2 Å². The highest BCUT2D eigenvalue weighted by molar-refractivity contribution is 4.85. The lowest BCUT2D eigenvalue weighted by Crippen LogP contribution is -2.51. The number of hydrogen-bond donors (Lipinski definition) is 1. The molecule has 1 aromatic rings. The summed E-state index contributed by atoms with van der Waals surface area (Å²) in [6.45, 7) is 8.46. The quantitative estimate of drug-likeness (QED) is 0.869. The Morgan fingerprint density at radius 2 is 2.06 bits per heavy atom. The van der Waals surface area contributed by atoms with Gasteiger partial charge in [-0.05, 0) is 33.1 Å². The summed E-state index contributed by atoms with van der Waals surface area (Å²) >= 11 is 0. The van der Waals surface area contributed by atoms with E-state index >= 15 is 0 Å². The Morgan fingerprint density at radius 3 is 2.72 bits per heavy atom. The van der Waals surface area contributed by atoms with Gasteiger partial charge in [-0.25, -0.2) is 20.1 Å². The van der Waals surface area contributed by atoms with Gasteiger partial charge < -0.3 is 0 Å². The lowest BCUT2D eigenvalue weighted by molar-refractivity contribution is 0.0421. The van der Waals surface area contributed by atoms with Crippen LogP contribution in [0.15, 0.2) is 6.33 Å². The minimum Gasteiger partial charge on any atom is -0.249 e. The summed E-state index contributed by atoms with van der Waals surface area (Å²) in [5, 5.41) is 6.64. The molecule has 5 heteroatoms. The lowest BCUT2D eigenvalue weighted by atomic mass is 10.00. The van der Waals surface area contributed by atoms with Gasteiger partial charge in [0.1, 0.15) is 12.2 Å². The van der Waals surface area contributed by atoms with Gasteiger partial charge in [-0.2, -0.15) is 5.10 Å². The number of hydrazine groups is 1. The zero-order chi connectivity index (χ0) is 13.0. The molecule has 2 unspecified atom stereocenters. The summed E-state index contributed by atoms with van der Waals surface area (Å²) in [7, 11) is 0. The fraction of sp³-hybridized carbons (Fsp3) is 0.846. The maximum Gasteiger partial charge on any atom is 0.142 e. The number of aryl methyl sites for hydroxylation is 1. The Bertz CT molecular complexity index is 352. The second-order valence-corrected chi connectivity index (χ2v) is 5.27. The highest BCUT2D eigenvalue weighted by Crippen LogP contribution is 2.20. The Morgan fingerprint density at radius 1 is 1.33 bits per heavy atom. The second kappa shape index (κ2) is 6.29. The van der Waals surface area contributed by atoms with Crippen LogP contribution in [-0.2, 0) is 13.1 Å². The maximum atomic E-state index is 4.33. The van der Waals surface area contributed by atoms with Crippen molar-refractivity contribution in [3.8, 4) is 0 Å². The summed E-state index contributed by atoms with van der Waals surface area (Å²) in [5.74, 6) is 1.03. The van der Waals surface area contributed by atoms with Crippen molar-refractivity contribution in [2.24, 2.45) is 0 Å². The standard InChI is InChI=1S/C13H25N5/c1-4-8-17-13(14-10-16-17)9-15-18-11(2)6-5-7-12(18)3/h10-12,15H,4-9H2,1-3H3. The van der Waals surface area contributed by atoms with Crippen LogP contribution in [0.5, 0.6) is 0 Å². The van der Waals surface area contributed by atoms with E-state index in [2.05, 4.69) is 41.3 Å². The van der Waals surface area contributed by atoms with E-state index in [0.29, 0.717) is 12.1 Å². The van der Waals surface area contributed by atoms with Gasteiger partial charge >= 0.3 is 0 Å². The van der Waals surface area contributed by atoms with Crippen molar-refractivity contribution in [2.45, 2.75) is 71.6 Å². The first kappa shape index (κ1) is 13.5. The molecule has 0 saturated carbocycles. The van der Waals surface area contributed by atoms with E-state index in [4.69, 9.17) is 0 Å². The average molecular weight is 251 g/mol. The minimum atomic E-state index is 0.608. The predicted octanol–water partition coefficient (Wildman–Crippen LogP) is 1.96. The van der Waals surface area contributed by atoms with E-state index in [1.54, 1.807) is 6.33 Å². The van der Waals surface area contributed by atoms with Gasteiger partial charge in [-0.1, -0.05) is 13.3 Å². The largest absolute Gasteiger partial charge is 0.249 e. The molecule has 2 heterocycles. The highest BCUT2D eigenvalue weighted by Gasteiger charge is 2.24. The Labute approximate surface area is 110 Å². The first-order valence-electron chi connectivity index (χ1n) is 7.11. The molecule has 1 aliphatic rings. The summed E-state index contributed by atoms with van der Waals surface area (Å²) in [6, 6.07) is 1.22. The molecular formula is C13H25N5. The van der Waals surface area contributed by atoms with Gasteiger partial charge in [0.15, 0.2) is 0 Å². The van der Waals surface area contributed by atoms with Crippen molar-refractivity contribution in [3.63, 3.8) is 0 Å². The summed E-state index contributed by atoms with van der Waals surface area (Å²) in [4.78, 5) is 4.33. The number of hydrogen-bond acceptors (Lipinski definition) is 4. The summed E-state index contributed by atoms with van der Waals surface area (Å²) in [6.07, 6.45) is 6.63. The van der Waals surface area contributed by atoms with E-state index in [9.17, 15) is 0 Å². The molecule has 0 aromatic carbocycles. The fourth-order valence-corrected chi connectivity index (χ4v) is 2.72. The third-order valence-corrected chi connectivity index (χ3v) is 3.74. The van der Waals surface area contributed by atoms with Crippen LogP contribution in [0.1, 0.15) is 52.3 Å². The molecule has 0 spiro atoms. The van der Waals surface area contributed by atoms with Gasteiger partial charge in [0, 0.05) is 18.6 Å². The summed E-state index contributed by atoms with van der Waals surface area (Å²) < 4.78 is 1.99. The van der Waals surface area contributed by atoms with Crippen LogP contribution < -0.4 is 5.43 Å². The summed E-state index contributed by atoms with van der Waals surface area (Å²) in [5.41, 5.74) is 3.53. The van der Waals surface area contributed by atoms with Crippen molar-refractivity contribution >= 4 is 0 Å². The van der Waals surface area contributed by atoms with Crippen LogP contribution in [0.25, 0.3) is 0 Å². The number of nitrogens with one attached hydrogen (secondary N) is 1. The van der Waals surface area contributed by atoms with Crippen LogP contribution in [0.2, 0.25) is 0 Å². The second-order valence-electron chi connectivity index (χ2n) is 5.27. The molecule has 1 saturated heterocycles. The van der Waals surface area contributed by atoms with E-state index in [0.717, 1.165) is 25.3 Å². The van der Waals surface area contributed by atoms with Gasteiger partial charge in [0.05, 0.1) is 6.54 Å². The zero-order valence-electron chi connectivity index (χ0n) is 11.8. The number of piperidine rings is 1. The van der Waals surface area contributed by atoms with Crippen molar-refractivity contribution in [2.75, 3.05) is 0 Å². The van der Waals surface area contributed by atoms with Crippen molar-refractivity contribution < 1.29 is 0 Å². The van der Waals surface area contributed by atoms with Crippen molar-refractivity contribution in [3.05, 3.63) is 12.2 Å². The fourth-order valence-electron chi connectivity index (χ4n) is 2.72. The average Bonchev–Trinajstić information content (AvgIpc) is 2.77. The molecule has 18 heavy (non-hydrogen) atoms. The number of nitrogens with zero attached hydrogens (tertiary/aromatic N) is 4. The van der Waals surface area contributed by atoms with E-state index in [1.807, 2.05) is 4.68 Å². The molecule has 0 amide bonds. The monoisotopic (exact) mass is 251 g/mol. The molecule has 2 rings (SSSR count). The van der Waals surface area contributed by atoms with Crippen LogP contribution in [0.3, 0.4) is 0 Å². The van der Waals surface area contributed by atoms with E-state index < -0.39 is 0 Å². The van der Waals surface area contributed by atoms with Crippen molar-refractivity contribution in [1.29, 1.82) is 0 Å². The molecule has 102 valence electrons. The molecule has 5 nitrogen and oxygen atoms in total. The Hall–Kier alpha value is -0.940. The molecule has 1 aromatic heterocycles. The third-order valence-electron chi connectivity index (χ3n) is 3.74. The smallest absolute Gasteiger partial charge is 0.142 e. The van der Waals surface area contributed by atoms with Gasteiger partial charge in [0.25, 0.3) is 0 Å². The molecule has 1 aliphatic heterocycles. The van der Waals surface area contributed by atoms with Crippen LogP contribution in [-0.4, -0.2) is 31.9 Å². The molecule has 1 N–H and O–H groups in total. The molecule has 0 radical (unpaired) electrons. The van der Waals surface area contributed by atoms with Gasteiger partial charge in [-0.15, -0.1) is 0 Å². The third kappa shape index (κ3) is 3.09. The molecule has 0 aliphatic carbocycles. The number of rotatable bonds is 5.